The number of aryl methyl sites for hydroxylation is 2. The normalized spacial score (nSPS) is 20.2. The van der Waals surface area contributed by atoms with E-state index in [1.807, 2.05) is 49.3 Å². The molecular formula is C41H44ClN9O5. The fourth-order valence-corrected chi connectivity index (χ4v) is 8.28. The van der Waals surface area contributed by atoms with Gasteiger partial charge >= 0.3 is 0 Å². The number of aromatic amines is 1. The average Bonchev–Trinajstić information content (AvgIpc) is 3.80. The van der Waals surface area contributed by atoms with Crippen molar-refractivity contribution in [3.63, 3.8) is 0 Å². The molecule has 3 atom stereocenters. The quantitative estimate of drug-likeness (QED) is 0.156. The summed E-state index contributed by atoms with van der Waals surface area (Å²) in [5.74, 6) is 0.765. The number of fused-ring (bicyclic) bond motifs is 1. The molecule has 3 N–H and O–H groups in total. The average molecular weight is 778 g/mol. The van der Waals surface area contributed by atoms with Crippen molar-refractivity contribution in [2.24, 2.45) is 18.9 Å². The van der Waals surface area contributed by atoms with Crippen LogP contribution in [0.15, 0.2) is 60.9 Å². The van der Waals surface area contributed by atoms with Crippen LogP contribution < -0.4 is 15.4 Å². The number of imide groups is 1. The molecular weight excluding hydrogens is 734 g/mol. The number of nitrogens with one attached hydrogen (secondary N) is 3. The van der Waals surface area contributed by atoms with E-state index in [0.717, 1.165) is 61.3 Å². The molecule has 15 heteroatoms. The molecule has 8 rings (SSSR count). The molecule has 6 heterocycles. The van der Waals surface area contributed by atoms with Gasteiger partial charge in [0.05, 0.1) is 29.3 Å². The van der Waals surface area contributed by atoms with Crippen LogP contribution in [0.3, 0.4) is 0 Å². The molecule has 3 aliphatic rings. The highest BCUT2D eigenvalue weighted by molar-refractivity contribution is 6.32. The Bertz CT molecular complexity index is 2290. The minimum atomic E-state index is -0.309. The van der Waals surface area contributed by atoms with Crippen molar-refractivity contribution in [3.05, 3.63) is 82.8 Å². The van der Waals surface area contributed by atoms with Gasteiger partial charge < -0.3 is 24.8 Å². The molecule has 56 heavy (non-hydrogen) atoms. The maximum absolute atomic E-state index is 13.8. The smallest absolute Gasteiger partial charge is 0.253 e. The lowest BCUT2D eigenvalue weighted by atomic mass is 9.90. The van der Waals surface area contributed by atoms with Crippen molar-refractivity contribution in [2.45, 2.75) is 51.4 Å². The molecule has 4 amide bonds. The number of hydrogen-bond donors (Lipinski definition) is 3. The molecule has 3 aromatic heterocycles. The number of H-pyrrole nitrogens is 1. The third-order valence-electron chi connectivity index (χ3n) is 11.1. The summed E-state index contributed by atoms with van der Waals surface area (Å²) in [6, 6.07) is 14.7. The second-order valence-corrected chi connectivity index (χ2v) is 15.4. The molecule has 14 nitrogen and oxygen atoms in total. The van der Waals surface area contributed by atoms with E-state index in [-0.39, 0.29) is 35.5 Å². The third-order valence-corrected chi connectivity index (χ3v) is 11.3. The zero-order chi connectivity index (χ0) is 38.9. The second kappa shape index (κ2) is 15.8. The van der Waals surface area contributed by atoms with Gasteiger partial charge in [-0.15, -0.1) is 0 Å². The van der Waals surface area contributed by atoms with Crippen molar-refractivity contribution in [1.82, 2.24) is 39.8 Å². The van der Waals surface area contributed by atoms with E-state index in [1.54, 1.807) is 33.8 Å². The summed E-state index contributed by atoms with van der Waals surface area (Å²) in [5.41, 5.74) is 5.04. The number of benzene rings is 2. The number of piperidine rings is 3. The van der Waals surface area contributed by atoms with Gasteiger partial charge in [-0.2, -0.15) is 5.10 Å². The number of amides is 4. The van der Waals surface area contributed by atoms with E-state index < -0.39 is 0 Å². The van der Waals surface area contributed by atoms with Crippen LogP contribution in [0.1, 0.15) is 66.1 Å². The van der Waals surface area contributed by atoms with Crippen LogP contribution in [-0.4, -0.2) is 90.9 Å². The molecule has 3 fully saturated rings. The first kappa shape index (κ1) is 37.2. The van der Waals surface area contributed by atoms with E-state index in [9.17, 15) is 19.2 Å². The number of imidazole rings is 1. The van der Waals surface area contributed by atoms with Gasteiger partial charge in [-0.05, 0) is 86.9 Å². The minimum absolute atomic E-state index is 0.116. The number of nitrogens with zero attached hydrogens (tertiary/aromatic N) is 6. The fourth-order valence-electron chi connectivity index (χ4n) is 8.10. The Kier molecular flexibility index (Phi) is 10.5. The van der Waals surface area contributed by atoms with Crippen LogP contribution in [0.25, 0.3) is 22.6 Å². The number of halogens is 1. The monoisotopic (exact) mass is 777 g/mol. The summed E-state index contributed by atoms with van der Waals surface area (Å²) in [6.07, 6.45) is 7.72. The number of carbonyl (C=O) groups excluding carboxylic acids is 4. The molecule has 5 aromatic rings. The van der Waals surface area contributed by atoms with Crippen molar-refractivity contribution >= 4 is 52.1 Å². The van der Waals surface area contributed by atoms with Crippen molar-refractivity contribution < 1.29 is 23.9 Å². The minimum Gasteiger partial charge on any atom is -0.453 e. The lowest BCUT2D eigenvalue weighted by Crippen LogP contribution is -2.49. The fraction of sp³-hybridized carbons (Fsp3) is 0.390. The van der Waals surface area contributed by atoms with Crippen LogP contribution in [0.5, 0.6) is 11.5 Å². The van der Waals surface area contributed by atoms with E-state index in [4.69, 9.17) is 16.3 Å². The SMILES string of the molecule is Cc1nn(C)cc1-c1nc2ncc(Cl)c(Oc3ccc(C(=O)N4CCCC(C(=O)N5CCCC(CNc6ccc([C@@H]7CCC(=O)NC7=O)cc6)C5)C4)cc3)c2[nH]1. The van der Waals surface area contributed by atoms with Gasteiger partial charge in [-0.25, -0.2) is 9.97 Å². The first-order valence-electron chi connectivity index (χ1n) is 19.2. The molecule has 0 spiro atoms. The van der Waals surface area contributed by atoms with Gasteiger partial charge in [0.15, 0.2) is 11.4 Å². The molecule has 3 saturated heterocycles. The molecule has 3 aliphatic heterocycles. The predicted octanol–water partition coefficient (Wildman–Crippen LogP) is 5.84. The summed E-state index contributed by atoms with van der Waals surface area (Å²) >= 11 is 6.54. The number of carbonyl (C=O) groups is 4. The topological polar surface area (TPSA) is 167 Å². The van der Waals surface area contributed by atoms with Crippen LogP contribution in [0.2, 0.25) is 5.02 Å². The number of pyridine rings is 1. The lowest BCUT2D eigenvalue weighted by Gasteiger charge is -2.38. The van der Waals surface area contributed by atoms with Crippen molar-refractivity contribution in [3.8, 4) is 22.9 Å². The van der Waals surface area contributed by atoms with Crippen LogP contribution in [0.4, 0.5) is 5.69 Å². The van der Waals surface area contributed by atoms with E-state index in [0.29, 0.717) is 77.5 Å². The molecule has 2 aromatic carbocycles. The zero-order valence-electron chi connectivity index (χ0n) is 31.4. The highest BCUT2D eigenvalue weighted by atomic mass is 35.5. The maximum atomic E-state index is 13.8. The third kappa shape index (κ3) is 7.83. The Morgan fingerprint density at radius 2 is 1.75 bits per heavy atom. The molecule has 0 aliphatic carbocycles. The number of aromatic nitrogens is 5. The van der Waals surface area contributed by atoms with Gasteiger partial charge in [-0.3, -0.25) is 29.2 Å². The zero-order valence-corrected chi connectivity index (χ0v) is 32.1. The molecule has 0 saturated carbocycles. The van der Waals surface area contributed by atoms with Gasteiger partial charge in [0.25, 0.3) is 5.91 Å². The maximum Gasteiger partial charge on any atom is 0.253 e. The van der Waals surface area contributed by atoms with Crippen LogP contribution in [-0.2, 0) is 21.4 Å². The number of anilines is 1. The van der Waals surface area contributed by atoms with Crippen molar-refractivity contribution in [1.29, 1.82) is 0 Å². The highest BCUT2D eigenvalue weighted by Gasteiger charge is 2.34. The molecule has 2 unspecified atom stereocenters. The Morgan fingerprint density at radius 1 is 0.982 bits per heavy atom. The number of likely N-dealkylation sites (tertiary alicyclic amines) is 2. The highest BCUT2D eigenvalue weighted by Crippen LogP contribution is 2.36. The number of rotatable bonds is 9. The molecule has 290 valence electrons. The lowest BCUT2D eigenvalue weighted by molar-refractivity contribution is -0.139. The number of hydrogen-bond acceptors (Lipinski definition) is 9. The van der Waals surface area contributed by atoms with E-state index in [2.05, 4.69) is 30.7 Å². The largest absolute Gasteiger partial charge is 0.453 e. The Morgan fingerprint density at radius 3 is 2.50 bits per heavy atom. The van der Waals surface area contributed by atoms with Gasteiger partial charge in [0.1, 0.15) is 22.1 Å². The van der Waals surface area contributed by atoms with E-state index >= 15 is 0 Å². The van der Waals surface area contributed by atoms with Gasteiger partial charge in [0.2, 0.25) is 17.7 Å². The molecule has 0 radical (unpaired) electrons. The van der Waals surface area contributed by atoms with Gasteiger partial charge in [-0.1, -0.05) is 23.7 Å². The summed E-state index contributed by atoms with van der Waals surface area (Å²) in [7, 11) is 1.85. The van der Waals surface area contributed by atoms with E-state index in [1.165, 1.54) is 6.20 Å². The summed E-state index contributed by atoms with van der Waals surface area (Å²) in [5, 5.41) is 10.6. The predicted molar refractivity (Wildman–Crippen MR) is 210 cm³/mol. The summed E-state index contributed by atoms with van der Waals surface area (Å²) in [4.78, 5) is 67.3. The standard InChI is InChI=1S/C41H44ClN9O5/c1-24-32(23-49(2)48-24)37-46-35-36(33(42)20-44-38(35)47-37)56-30-13-9-27(10-14-30)40(54)51-18-4-6-28(22-51)41(55)50-17-3-5-25(21-50)19-43-29-11-7-26(8-12-29)31-15-16-34(52)45-39(31)53/h7-14,20,23,25,28,31,43H,3-6,15-19,21-22H2,1-2H3,(H,44,46,47)(H,45,52,53)/t25?,28?,31-/m0/s1. The van der Waals surface area contributed by atoms with Crippen LogP contribution >= 0.6 is 11.6 Å². The Labute approximate surface area is 329 Å². The van der Waals surface area contributed by atoms with Crippen LogP contribution in [0, 0.1) is 18.8 Å². The first-order chi connectivity index (χ1) is 27.1. The Balaban J connectivity index is 0.854. The van der Waals surface area contributed by atoms with Gasteiger partial charge in [0, 0.05) is 63.6 Å². The second-order valence-electron chi connectivity index (χ2n) is 15.0. The Hall–Kier alpha value is -5.76. The summed E-state index contributed by atoms with van der Waals surface area (Å²) < 4.78 is 7.95. The first-order valence-corrected chi connectivity index (χ1v) is 19.6. The summed E-state index contributed by atoms with van der Waals surface area (Å²) in [6.45, 7) is 5.01. The van der Waals surface area contributed by atoms with Crippen molar-refractivity contribution in [2.75, 3.05) is 38.0 Å². The molecule has 0 bridgehead atoms. The number of ether oxygens (including phenoxy) is 1.